The molecule has 0 aliphatic rings. The molecule has 4 nitrogen and oxygen atoms in total. The summed E-state index contributed by atoms with van der Waals surface area (Å²) in [5.74, 6) is 0.183. The van der Waals surface area contributed by atoms with Gasteiger partial charge in [-0.15, -0.1) is 0 Å². The van der Waals surface area contributed by atoms with Crippen LogP contribution in [0.25, 0.3) is 0 Å². The summed E-state index contributed by atoms with van der Waals surface area (Å²) in [6.45, 7) is 0. The number of benzene rings is 1. The van der Waals surface area contributed by atoms with Crippen molar-refractivity contribution < 1.29 is 9.90 Å². The van der Waals surface area contributed by atoms with Crippen LogP contribution in [0.15, 0.2) is 24.3 Å². The van der Waals surface area contributed by atoms with E-state index in [2.05, 4.69) is 5.32 Å². The third-order valence-electron chi connectivity index (χ3n) is 1.52. The minimum absolute atomic E-state index is 0. The van der Waals surface area contributed by atoms with Crippen LogP contribution in [-0.2, 0) is 0 Å². The van der Waals surface area contributed by atoms with E-state index in [1.807, 2.05) is 0 Å². The molecule has 0 heterocycles. The number of urea groups is 1. The smallest absolute Gasteiger partial charge is 0.321 e. The molecule has 0 spiro atoms. The van der Waals surface area contributed by atoms with E-state index in [0.717, 1.165) is 0 Å². The van der Waals surface area contributed by atoms with Crippen LogP contribution in [0.4, 0.5) is 10.5 Å². The Bertz CT molecular complexity index is 298. The fourth-order valence-corrected chi connectivity index (χ4v) is 0.780. The van der Waals surface area contributed by atoms with Gasteiger partial charge < -0.3 is 15.3 Å². The molecule has 0 unspecified atom stereocenters. The summed E-state index contributed by atoms with van der Waals surface area (Å²) in [5.41, 5.74) is 0.663. The number of phenolic OH excluding ortho intramolecular Hbond substituents is 1. The van der Waals surface area contributed by atoms with E-state index in [-0.39, 0.29) is 41.3 Å². The maximum atomic E-state index is 11.1. The summed E-state index contributed by atoms with van der Waals surface area (Å²) in [6, 6.07) is 6.12. The van der Waals surface area contributed by atoms with E-state index in [9.17, 15) is 4.79 Å². The van der Waals surface area contributed by atoms with Gasteiger partial charge in [0.25, 0.3) is 0 Å². The third-order valence-corrected chi connectivity index (χ3v) is 1.52. The van der Waals surface area contributed by atoms with Crippen molar-refractivity contribution in [3.05, 3.63) is 24.3 Å². The second-order valence-electron chi connectivity index (χ2n) is 2.87. The van der Waals surface area contributed by atoms with E-state index in [4.69, 9.17) is 5.11 Å². The number of nitrogens with zero attached hydrogens (tertiary/aromatic N) is 1. The minimum Gasteiger partial charge on any atom is -0.508 e. The fourth-order valence-electron chi connectivity index (χ4n) is 0.780. The second kappa shape index (κ2) is 5.90. The normalized spacial score (nSPS) is 8.71. The molecule has 0 saturated carbocycles. The number of hydrogen-bond acceptors (Lipinski definition) is 2. The molecule has 71 valence electrons. The molecule has 14 heavy (non-hydrogen) atoms. The SMILES string of the molecule is CN(C)C(=O)Nc1ccc(O)cc1.[Na]. The van der Waals surface area contributed by atoms with Crippen LogP contribution in [0.3, 0.4) is 0 Å². The standard InChI is InChI=1S/C9H12N2O2.Na/c1-11(2)9(13)10-7-3-5-8(12)6-4-7;/h3-6,12H,1-2H3,(H,10,13);. The Labute approximate surface area is 105 Å². The van der Waals surface area contributed by atoms with Crippen LogP contribution >= 0.6 is 0 Å². The number of phenols is 1. The van der Waals surface area contributed by atoms with Crippen molar-refractivity contribution in [1.82, 2.24) is 4.90 Å². The number of anilines is 1. The maximum Gasteiger partial charge on any atom is 0.321 e. The van der Waals surface area contributed by atoms with E-state index >= 15 is 0 Å². The van der Waals surface area contributed by atoms with Gasteiger partial charge in [0.15, 0.2) is 0 Å². The topological polar surface area (TPSA) is 52.6 Å². The summed E-state index contributed by atoms with van der Waals surface area (Å²) in [4.78, 5) is 12.6. The summed E-state index contributed by atoms with van der Waals surface area (Å²) in [7, 11) is 3.32. The molecule has 1 radical (unpaired) electrons. The average molecular weight is 203 g/mol. The van der Waals surface area contributed by atoms with Crippen LogP contribution < -0.4 is 5.32 Å². The first-order valence-corrected chi connectivity index (χ1v) is 3.87. The third kappa shape index (κ3) is 4.00. The second-order valence-corrected chi connectivity index (χ2v) is 2.87. The number of aromatic hydroxyl groups is 1. The molecule has 0 saturated heterocycles. The van der Waals surface area contributed by atoms with Gasteiger partial charge >= 0.3 is 6.03 Å². The Morgan fingerprint density at radius 3 is 2.21 bits per heavy atom. The Morgan fingerprint density at radius 2 is 1.79 bits per heavy atom. The van der Waals surface area contributed by atoms with E-state index < -0.39 is 0 Å². The predicted octanol–water partition coefficient (Wildman–Crippen LogP) is 1.10. The Balaban J connectivity index is 0.00000169. The van der Waals surface area contributed by atoms with Crippen molar-refractivity contribution in [2.24, 2.45) is 0 Å². The van der Waals surface area contributed by atoms with Crippen molar-refractivity contribution in [2.75, 3.05) is 19.4 Å². The monoisotopic (exact) mass is 203 g/mol. The maximum absolute atomic E-state index is 11.1. The largest absolute Gasteiger partial charge is 0.508 e. The van der Waals surface area contributed by atoms with Crippen molar-refractivity contribution >= 4 is 41.3 Å². The Hall–Kier alpha value is -0.710. The van der Waals surface area contributed by atoms with Crippen molar-refractivity contribution in [3.8, 4) is 5.75 Å². The van der Waals surface area contributed by atoms with Crippen LogP contribution in [0.1, 0.15) is 0 Å². The van der Waals surface area contributed by atoms with E-state index in [1.54, 1.807) is 26.2 Å². The molecule has 1 aromatic rings. The van der Waals surface area contributed by atoms with Gasteiger partial charge in [0, 0.05) is 49.3 Å². The van der Waals surface area contributed by atoms with Gasteiger partial charge in [-0.25, -0.2) is 4.79 Å². The molecule has 0 bridgehead atoms. The number of amides is 2. The number of rotatable bonds is 1. The van der Waals surface area contributed by atoms with Crippen LogP contribution in [-0.4, -0.2) is 59.7 Å². The summed E-state index contributed by atoms with van der Waals surface area (Å²) >= 11 is 0. The quantitative estimate of drug-likeness (QED) is 0.530. The van der Waals surface area contributed by atoms with Crippen LogP contribution in [0.2, 0.25) is 0 Å². The first kappa shape index (κ1) is 13.3. The Morgan fingerprint density at radius 1 is 1.29 bits per heavy atom. The van der Waals surface area contributed by atoms with Crippen molar-refractivity contribution in [1.29, 1.82) is 0 Å². The fraction of sp³-hybridized carbons (Fsp3) is 0.222. The first-order chi connectivity index (χ1) is 6.09. The number of nitrogens with one attached hydrogen (secondary N) is 1. The zero-order chi connectivity index (χ0) is 9.84. The number of carbonyl (C=O) groups excluding carboxylic acids is 1. The molecule has 1 rings (SSSR count). The van der Waals surface area contributed by atoms with Crippen molar-refractivity contribution in [3.63, 3.8) is 0 Å². The summed E-state index contributed by atoms with van der Waals surface area (Å²) < 4.78 is 0. The molecule has 0 atom stereocenters. The zero-order valence-corrected chi connectivity index (χ0v) is 10.6. The molecule has 2 N–H and O–H groups in total. The molecular formula is C9H12N2NaO2. The van der Waals surface area contributed by atoms with Gasteiger partial charge in [-0.3, -0.25) is 0 Å². The number of hydrogen-bond donors (Lipinski definition) is 2. The van der Waals surface area contributed by atoms with Crippen molar-refractivity contribution in [2.45, 2.75) is 0 Å². The molecular weight excluding hydrogens is 191 g/mol. The summed E-state index contributed by atoms with van der Waals surface area (Å²) in [5, 5.41) is 11.6. The molecule has 0 aliphatic carbocycles. The van der Waals surface area contributed by atoms with Gasteiger partial charge in [0.1, 0.15) is 5.75 Å². The molecule has 1 aromatic carbocycles. The van der Waals surface area contributed by atoms with Gasteiger partial charge in [-0.1, -0.05) is 0 Å². The van der Waals surface area contributed by atoms with Gasteiger partial charge in [-0.05, 0) is 24.3 Å². The molecule has 0 aliphatic heterocycles. The predicted molar refractivity (Wildman–Crippen MR) is 56.6 cm³/mol. The molecule has 5 heteroatoms. The minimum atomic E-state index is -0.189. The zero-order valence-electron chi connectivity index (χ0n) is 8.61. The summed E-state index contributed by atoms with van der Waals surface area (Å²) in [6.07, 6.45) is 0. The molecule has 0 fully saturated rings. The van der Waals surface area contributed by atoms with Gasteiger partial charge in [0.05, 0.1) is 0 Å². The van der Waals surface area contributed by atoms with E-state index in [1.165, 1.54) is 17.0 Å². The number of carbonyl (C=O) groups is 1. The molecule has 2 amide bonds. The van der Waals surface area contributed by atoms with Crippen LogP contribution in [0.5, 0.6) is 5.75 Å². The average Bonchev–Trinajstić information content (AvgIpc) is 2.08. The van der Waals surface area contributed by atoms with Gasteiger partial charge in [0.2, 0.25) is 0 Å². The molecule has 0 aromatic heterocycles. The van der Waals surface area contributed by atoms with Crippen LogP contribution in [0, 0.1) is 0 Å². The Kier molecular flexibility index (Phi) is 5.60. The van der Waals surface area contributed by atoms with E-state index in [0.29, 0.717) is 5.69 Å². The van der Waals surface area contributed by atoms with Gasteiger partial charge in [-0.2, -0.15) is 0 Å². The first-order valence-electron chi connectivity index (χ1n) is 3.87.